The average molecular weight is 460 g/mol. The highest BCUT2D eigenvalue weighted by Gasteiger charge is 2.34. The number of fused-ring (bicyclic) bond motifs is 2. The van der Waals surface area contributed by atoms with Gasteiger partial charge in [0.05, 0.1) is 23.8 Å². The third-order valence-electron chi connectivity index (χ3n) is 4.76. The Kier molecular flexibility index (Phi) is 5.14. The van der Waals surface area contributed by atoms with Crippen molar-refractivity contribution >= 4 is 45.0 Å². The van der Waals surface area contributed by atoms with Crippen molar-refractivity contribution < 1.29 is 23.9 Å². The van der Waals surface area contributed by atoms with Crippen LogP contribution in [0.3, 0.4) is 0 Å². The molecule has 8 nitrogen and oxygen atoms in total. The predicted octanol–water partition coefficient (Wildman–Crippen LogP) is 2.32. The zero-order valence-corrected chi connectivity index (χ0v) is 17.1. The minimum Gasteiger partial charge on any atom is -0.489 e. The summed E-state index contributed by atoms with van der Waals surface area (Å²) < 4.78 is 12.0. The highest BCUT2D eigenvalue weighted by atomic mass is 79.9. The number of carbonyl (C=O) groups excluding carboxylic acids is 3. The molecule has 0 radical (unpaired) electrons. The van der Waals surface area contributed by atoms with Gasteiger partial charge in [-0.25, -0.2) is 0 Å². The molecule has 9 heteroatoms. The Labute approximate surface area is 175 Å². The lowest BCUT2D eigenvalue weighted by atomic mass is 10.0. The number of ether oxygens (including phenoxy) is 2. The Morgan fingerprint density at radius 1 is 1.21 bits per heavy atom. The minimum absolute atomic E-state index is 0.0553. The number of carbonyl (C=O) groups is 3. The van der Waals surface area contributed by atoms with Gasteiger partial charge < -0.3 is 20.1 Å². The third-order valence-corrected chi connectivity index (χ3v) is 5.25. The maximum atomic E-state index is 13.5. The van der Waals surface area contributed by atoms with Crippen LogP contribution < -0.4 is 25.0 Å². The van der Waals surface area contributed by atoms with Crippen molar-refractivity contribution in [2.45, 2.75) is 12.5 Å². The van der Waals surface area contributed by atoms with Gasteiger partial charge in [0.1, 0.15) is 18.1 Å². The fourth-order valence-corrected chi connectivity index (χ4v) is 3.70. The number of hydrogen-bond acceptors (Lipinski definition) is 5. The van der Waals surface area contributed by atoms with E-state index in [1.807, 2.05) is 6.07 Å². The van der Waals surface area contributed by atoms with Crippen LogP contribution >= 0.6 is 15.9 Å². The quantitative estimate of drug-likeness (QED) is 0.733. The van der Waals surface area contributed by atoms with E-state index in [2.05, 4.69) is 26.6 Å². The molecule has 0 aliphatic carbocycles. The van der Waals surface area contributed by atoms with Gasteiger partial charge in [0.25, 0.3) is 11.8 Å². The zero-order chi connectivity index (χ0) is 20.5. The topological polar surface area (TPSA) is 97.0 Å². The molecule has 0 saturated heterocycles. The molecule has 0 unspecified atom stereocenters. The van der Waals surface area contributed by atoms with Gasteiger partial charge in [0.15, 0.2) is 6.61 Å². The van der Waals surface area contributed by atoms with Crippen LogP contribution in [0.1, 0.15) is 16.8 Å². The Morgan fingerprint density at radius 3 is 2.83 bits per heavy atom. The van der Waals surface area contributed by atoms with Crippen LogP contribution in [-0.2, 0) is 9.59 Å². The van der Waals surface area contributed by atoms with Crippen molar-refractivity contribution in [3.8, 4) is 11.5 Å². The van der Waals surface area contributed by atoms with Crippen molar-refractivity contribution in [3.63, 3.8) is 0 Å². The van der Waals surface area contributed by atoms with Gasteiger partial charge in [0, 0.05) is 17.1 Å². The molecule has 2 aliphatic rings. The van der Waals surface area contributed by atoms with Gasteiger partial charge >= 0.3 is 0 Å². The maximum absolute atomic E-state index is 13.5. The van der Waals surface area contributed by atoms with E-state index in [1.165, 1.54) is 0 Å². The van der Waals surface area contributed by atoms with Gasteiger partial charge in [-0.15, -0.1) is 0 Å². The van der Waals surface area contributed by atoms with Crippen LogP contribution in [-0.4, -0.2) is 44.0 Å². The summed E-state index contributed by atoms with van der Waals surface area (Å²) in [6.07, 6.45) is 0.0997. The van der Waals surface area contributed by atoms with Crippen molar-refractivity contribution in [2.24, 2.45) is 0 Å². The van der Waals surface area contributed by atoms with Crippen LogP contribution in [0.25, 0.3) is 0 Å². The first-order valence-corrected chi connectivity index (χ1v) is 9.79. The summed E-state index contributed by atoms with van der Waals surface area (Å²) in [6, 6.07) is 9.77. The number of anilines is 2. The Balaban J connectivity index is 1.72. The SMILES string of the molecule is CNC(=O)C[C@@H]1COc2cc(Br)ccc2N1C(=O)c1ccc2c(c1)NC(=O)CO2. The van der Waals surface area contributed by atoms with E-state index < -0.39 is 6.04 Å². The summed E-state index contributed by atoms with van der Waals surface area (Å²) in [5.74, 6) is 0.294. The maximum Gasteiger partial charge on any atom is 0.262 e. The fraction of sp³-hybridized carbons (Fsp3) is 0.250. The molecule has 0 fully saturated rings. The van der Waals surface area contributed by atoms with E-state index in [9.17, 15) is 14.4 Å². The van der Waals surface area contributed by atoms with Gasteiger partial charge in [-0.3, -0.25) is 19.3 Å². The number of hydrogen-bond donors (Lipinski definition) is 2. The molecule has 0 saturated carbocycles. The van der Waals surface area contributed by atoms with Crippen molar-refractivity contribution in [1.82, 2.24) is 5.32 Å². The minimum atomic E-state index is -0.474. The Hall–Kier alpha value is -3.07. The van der Waals surface area contributed by atoms with Crippen molar-refractivity contribution in [2.75, 3.05) is 30.5 Å². The summed E-state index contributed by atoms with van der Waals surface area (Å²) in [5.41, 5.74) is 1.39. The Morgan fingerprint density at radius 2 is 2.03 bits per heavy atom. The van der Waals surface area contributed by atoms with E-state index in [0.717, 1.165) is 4.47 Å². The first-order chi connectivity index (χ1) is 14.0. The lowest BCUT2D eigenvalue weighted by molar-refractivity contribution is -0.121. The average Bonchev–Trinajstić information content (AvgIpc) is 2.72. The van der Waals surface area contributed by atoms with Crippen LogP contribution in [0.4, 0.5) is 11.4 Å². The standard InChI is InChI=1S/C20H18BrN3O5/c1-22-18(25)8-13-9-28-17-7-12(21)3-4-15(17)24(13)20(27)11-2-5-16-14(6-11)23-19(26)10-29-16/h2-7,13H,8-10H2,1H3,(H,22,25)(H,23,26)/t13-/m1/s1. The normalized spacial score (nSPS) is 17.2. The van der Waals surface area contributed by atoms with Crippen LogP contribution in [0, 0.1) is 0 Å². The molecule has 1 atom stereocenters. The molecule has 2 aliphatic heterocycles. The molecule has 2 heterocycles. The highest BCUT2D eigenvalue weighted by molar-refractivity contribution is 9.10. The molecular weight excluding hydrogens is 442 g/mol. The number of nitrogens with one attached hydrogen (secondary N) is 2. The summed E-state index contributed by atoms with van der Waals surface area (Å²) in [4.78, 5) is 38.7. The molecule has 3 amide bonds. The van der Waals surface area contributed by atoms with Gasteiger partial charge in [0.2, 0.25) is 5.91 Å². The lowest BCUT2D eigenvalue weighted by Gasteiger charge is -2.37. The number of halogens is 1. The predicted molar refractivity (Wildman–Crippen MR) is 109 cm³/mol. The molecule has 0 aromatic heterocycles. The molecule has 2 aromatic rings. The summed E-state index contributed by atoms with van der Waals surface area (Å²) in [7, 11) is 1.55. The molecular formula is C20H18BrN3O5. The lowest BCUT2D eigenvalue weighted by Crippen LogP contribution is -2.49. The monoisotopic (exact) mass is 459 g/mol. The molecule has 0 bridgehead atoms. The number of amides is 3. The second-order valence-corrected chi connectivity index (χ2v) is 7.59. The summed E-state index contributed by atoms with van der Waals surface area (Å²) in [6.45, 7) is 0.133. The van der Waals surface area contributed by atoms with E-state index in [0.29, 0.717) is 28.4 Å². The van der Waals surface area contributed by atoms with E-state index in [4.69, 9.17) is 9.47 Å². The summed E-state index contributed by atoms with van der Waals surface area (Å²) >= 11 is 3.40. The molecule has 0 spiro atoms. The van der Waals surface area contributed by atoms with Crippen LogP contribution in [0.15, 0.2) is 40.9 Å². The number of benzene rings is 2. The molecule has 29 heavy (non-hydrogen) atoms. The number of nitrogens with zero attached hydrogens (tertiary/aromatic N) is 1. The largest absolute Gasteiger partial charge is 0.489 e. The summed E-state index contributed by atoms with van der Waals surface area (Å²) in [5, 5.41) is 5.29. The molecule has 2 aromatic carbocycles. The van der Waals surface area contributed by atoms with E-state index in [1.54, 1.807) is 42.3 Å². The second kappa shape index (κ2) is 7.75. The zero-order valence-electron chi connectivity index (χ0n) is 15.5. The molecule has 150 valence electrons. The van der Waals surface area contributed by atoms with Gasteiger partial charge in [-0.05, 0) is 36.4 Å². The van der Waals surface area contributed by atoms with E-state index in [-0.39, 0.29) is 37.4 Å². The molecule has 2 N–H and O–H groups in total. The third kappa shape index (κ3) is 3.77. The first-order valence-electron chi connectivity index (χ1n) is 8.99. The van der Waals surface area contributed by atoms with Crippen LogP contribution in [0.2, 0.25) is 0 Å². The van der Waals surface area contributed by atoms with E-state index >= 15 is 0 Å². The second-order valence-electron chi connectivity index (χ2n) is 6.68. The Bertz CT molecular complexity index is 1010. The smallest absolute Gasteiger partial charge is 0.262 e. The van der Waals surface area contributed by atoms with Crippen molar-refractivity contribution in [1.29, 1.82) is 0 Å². The molecule has 4 rings (SSSR count). The first kappa shape index (κ1) is 19.3. The number of rotatable bonds is 3. The van der Waals surface area contributed by atoms with Gasteiger partial charge in [-0.1, -0.05) is 15.9 Å². The van der Waals surface area contributed by atoms with Crippen LogP contribution in [0.5, 0.6) is 11.5 Å². The van der Waals surface area contributed by atoms with Crippen molar-refractivity contribution in [3.05, 3.63) is 46.4 Å². The fourth-order valence-electron chi connectivity index (χ4n) is 3.36. The highest BCUT2D eigenvalue weighted by Crippen LogP contribution is 2.38. The van der Waals surface area contributed by atoms with Gasteiger partial charge in [-0.2, -0.15) is 0 Å².